The van der Waals surface area contributed by atoms with E-state index in [-0.39, 0.29) is 15.7 Å². The molecule has 0 bridgehead atoms. The number of hydrogen-bond donors (Lipinski definition) is 2. The summed E-state index contributed by atoms with van der Waals surface area (Å²) in [5, 5.41) is 10.4. The number of carboxylic acids is 1. The van der Waals surface area contributed by atoms with Crippen LogP contribution in [0.25, 0.3) is 6.08 Å². The largest absolute Gasteiger partial charge is 0.480 e. The van der Waals surface area contributed by atoms with Gasteiger partial charge in [-0.25, -0.2) is 4.79 Å². The lowest BCUT2D eigenvalue weighted by Gasteiger charge is -2.06. The third-order valence-electron chi connectivity index (χ3n) is 2.25. The van der Waals surface area contributed by atoms with Crippen LogP contribution in [0.15, 0.2) is 23.1 Å². The molecule has 104 valence electrons. The van der Waals surface area contributed by atoms with Gasteiger partial charge in [-0.05, 0) is 35.5 Å². The SMILES string of the molecule is O=C(O)COc1ccc(/C=C2/SC(=O)NC2=O)cc1Cl. The van der Waals surface area contributed by atoms with Crippen molar-refractivity contribution in [2.75, 3.05) is 6.61 Å². The number of aliphatic carboxylic acids is 1. The second-order valence-electron chi connectivity index (χ2n) is 3.72. The standard InChI is InChI=1S/C12H8ClNO5S/c13-7-3-6(1-2-8(7)19-5-10(15)16)4-9-11(17)14-12(18)20-9/h1-4H,5H2,(H,15,16)(H,14,17,18)/b9-4+. The van der Waals surface area contributed by atoms with E-state index in [0.717, 1.165) is 11.8 Å². The third-order valence-corrected chi connectivity index (χ3v) is 3.35. The van der Waals surface area contributed by atoms with Crippen molar-refractivity contribution < 1.29 is 24.2 Å². The van der Waals surface area contributed by atoms with Crippen LogP contribution in [0.5, 0.6) is 5.75 Å². The molecule has 6 nitrogen and oxygen atoms in total. The molecule has 0 unspecified atom stereocenters. The molecule has 1 aromatic rings. The molecule has 1 aliphatic rings. The van der Waals surface area contributed by atoms with Gasteiger partial charge in [0.05, 0.1) is 9.93 Å². The predicted molar refractivity (Wildman–Crippen MR) is 73.7 cm³/mol. The average Bonchev–Trinajstić information content (AvgIpc) is 2.66. The molecule has 20 heavy (non-hydrogen) atoms. The second-order valence-corrected chi connectivity index (χ2v) is 5.15. The summed E-state index contributed by atoms with van der Waals surface area (Å²) in [6.45, 7) is -0.493. The number of benzene rings is 1. The fraction of sp³-hybridized carbons (Fsp3) is 0.0833. The molecule has 1 aromatic carbocycles. The Balaban J connectivity index is 2.17. The number of imide groups is 1. The predicted octanol–water partition coefficient (Wildman–Crippen LogP) is 2.13. The highest BCUT2D eigenvalue weighted by Gasteiger charge is 2.24. The number of carboxylic acid groups (broad SMARTS) is 1. The van der Waals surface area contributed by atoms with E-state index in [1.165, 1.54) is 18.2 Å². The molecule has 0 atom stereocenters. The smallest absolute Gasteiger partial charge is 0.341 e. The minimum Gasteiger partial charge on any atom is -0.480 e. The number of thioether (sulfide) groups is 1. The van der Waals surface area contributed by atoms with Crippen molar-refractivity contribution in [3.63, 3.8) is 0 Å². The summed E-state index contributed by atoms with van der Waals surface area (Å²) in [5.41, 5.74) is 0.602. The van der Waals surface area contributed by atoms with Crippen molar-refractivity contribution in [3.05, 3.63) is 33.7 Å². The van der Waals surface area contributed by atoms with Crippen LogP contribution < -0.4 is 10.1 Å². The van der Waals surface area contributed by atoms with Gasteiger partial charge >= 0.3 is 5.97 Å². The van der Waals surface area contributed by atoms with E-state index in [4.69, 9.17) is 21.4 Å². The number of hydrogen-bond acceptors (Lipinski definition) is 5. The van der Waals surface area contributed by atoms with Crippen molar-refractivity contribution in [2.45, 2.75) is 0 Å². The Hall–Kier alpha value is -1.99. The number of nitrogens with one attached hydrogen (secondary N) is 1. The van der Waals surface area contributed by atoms with E-state index < -0.39 is 23.7 Å². The van der Waals surface area contributed by atoms with Crippen LogP contribution in [-0.2, 0) is 9.59 Å². The Morgan fingerprint density at radius 1 is 1.45 bits per heavy atom. The topological polar surface area (TPSA) is 92.7 Å². The van der Waals surface area contributed by atoms with E-state index >= 15 is 0 Å². The van der Waals surface area contributed by atoms with Gasteiger partial charge in [0.2, 0.25) is 0 Å². The minimum absolute atomic E-state index is 0.218. The lowest BCUT2D eigenvalue weighted by molar-refractivity contribution is -0.139. The Labute approximate surface area is 122 Å². The van der Waals surface area contributed by atoms with Crippen LogP contribution >= 0.6 is 23.4 Å². The first kappa shape index (κ1) is 14.4. The van der Waals surface area contributed by atoms with Gasteiger partial charge in [0, 0.05) is 0 Å². The summed E-state index contributed by atoms with van der Waals surface area (Å²) in [7, 11) is 0. The van der Waals surface area contributed by atoms with Crippen molar-refractivity contribution in [1.29, 1.82) is 0 Å². The van der Waals surface area contributed by atoms with Crippen molar-refractivity contribution in [1.82, 2.24) is 5.32 Å². The zero-order valence-electron chi connectivity index (χ0n) is 9.88. The monoisotopic (exact) mass is 313 g/mol. The molecular weight excluding hydrogens is 306 g/mol. The van der Waals surface area contributed by atoms with Gasteiger partial charge in [0.25, 0.3) is 11.1 Å². The second kappa shape index (κ2) is 5.98. The maximum atomic E-state index is 11.4. The molecule has 0 aromatic heterocycles. The molecule has 0 spiro atoms. The molecule has 0 aliphatic carbocycles. The van der Waals surface area contributed by atoms with Crippen LogP contribution in [0.3, 0.4) is 0 Å². The summed E-state index contributed by atoms with van der Waals surface area (Å²) in [5.74, 6) is -1.33. The summed E-state index contributed by atoms with van der Waals surface area (Å²) in [6, 6.07) is 4.62. The molecule has 0 radical (unpaired) electrons. The van der Waals surface area contributed by atoms with Gasteiger partial charge < -0.3 is 9.84 Å². The van der Waals surface area contributed by atoms with Crippen LogP contribution in [0.1, 0.15) is 5.56 Å². The van der Waals surface area contributed by atoms with E-state index in [2.05, 4.69) is 5.32 Å². The molecule has 2 N–H and O–H groups in total. The molecule has 1 fully saturated rings. The molecule has 0 saturated carbocycles. The molecule has 2 amide bonds. The Morgan fingerprint density at radius 3 is 2.75 bits per heavy atom. The van der Waals surface area contributed by atoms with Crippen molar-refractivity contribution in [2.24, 2.45) is 0 Å². The summed E-state index contributed by atoms with van der Waals surface area (Å²) >= 11 is 6.74. The highest BCUT2D eigenvalue weighted by Crippen LogP contribution is 2.29. The van der Waals surface area contributed by atoms with Crippen LogP contribution in [0.2, 0.25) is 5.02 Å². The van der Waals surface area contributed by atoms with Gasteiger partial charge in [-0.2, -0.15) is 0 Å². The zero-order valence-corrected chi connectivity index (χ0v) is 11.5. The molecular formula is C12H8ClNO5S. The molecule has 2 rings (SSSR count). The van der Waals surface area contributed by atoms with Gasteiger partial charge in [-0.1, -0.05) is 17.7 Å². The highest BCUT2D eigenvalue weighted by molar-refractivity contribution is 8.18. The first-order valence-corrected chi connectivity index (χ1v) is 6.54. The molecule has 8 heteroatoms. The Kier molecular flexibility index (Phi) is 4.31. The zero-order chi connectivity index (χ0) is 14.7. The quantitative estimate of drug-likeness (QED) is 0.827. The lowest BCUT2D eigenvalue weighted by Crippen LogP contribution is -2.17. The number of carbonyl (C=O) groups is 3. The number of amides is 2. The number of ether oxygens (including phenoxy) is 1. The fourth-order valence-electron chi connectivity index (χ4n) is 1.44. The molecule has 1 saturated heterocycles. The van der Waals surface area contributed by atoms with E-state index in [1.807, 2.05) is 0 Å². The maximum absolute atomic E-state index is 11.4. The fourth-order valence-corrected chi connectivity index (χ4v) is 2.36. The van der Waals surface area contributed by atoms with Crippen LogP contribution in [0, 0.1) is 0 Å². The average molecular weight is 314 g/mol. The summed E-state index contributed by atoms with van der Waals surface area (Å²) < 4.78 is 4.97. The van der Waals surface area contributed by atoms with Crippen molar-refractivity contribution in [3.8, 4) is 5.75 Å². The molecule has 1 heterocycles. The number of halogens is 1. The first-order chi connectivity index (χ1) is 9.45. The van der Waals surface area contributed by atoms with E-state index in [0.29, 0.717) is 5.56 Å². The van der Waals surface area contributed by atoms with Crippen LogP contribution in [0.4, 0.5) is 4.79 Å². The number of rotatable bonds is 4. The Bertz CT molecular complexity index is 628. The highest BCUT2D eigenvalue weighted by atomic mass is 35.5. The lowest BCUT2D eigenvalue weighted by atomic mass is 10.2. The number of carbonyl (C=O) groups excluding carboxylic acids is 2. The first-order valence-electron chi connectivity index (χ1n) is 5.34. The van der Waals surface area contributed by atoms with Gasteiger partial charge in [0.15, 0.2) is 6.61 Å². The van der Waals surface area contributed by atoms with Crippen LogP contribution in [-0.4, -0.2) is 28.8 Å². The minimum atomic E-state index is -1.11. The summed E-state index contributed by atoms with van der Waals surface area (Å²) in [6.07, 6.45) is 1.51. The van der Waals surface area contributed by atoms with Gasteiger partial charge in [-0.3, -0.25) is 14.9 Å². The normalized spacial score (nSPS) is 16.4. The third kappa shape index (κ3) is 3.52. The van der Waals surface area contributed by atoms with Crippen molar-refractivity contribution >= 4 is 46.6 Å². The Morgan fingerprint density at radius 2 is 2.20 bits per heavy atom. The van der Waals surface area contributed by atoms with Gasteiger partial charge in [-0.15, -0.1) is 0 Å². The van der Waals surface area contributed by atoms with E-state index in [9.17, 15) is 14.4 Å². The van der Waals surface area contributed by atoms with E-state index in [1.54, 1.807) is 6.07 Å². The summed E-state index contributed by atoms with van der Waals surface area (Å²) in [4.78, 5) is 33.0. The van der Waals surface area contributed by atoms with Gasteiger partial charge in [0.1, 0.15) is 5.75 Å². The molecule has 1 aliphatic heterocycles. The maximum Gasteiger partial charge on any atom is 0.341 e.